The molecule has 84 valence electrons. The Morgan fingerprint density at radius 3 is 2.43 bits per heavy atom. The van der Waals surface area contributed by atoms with Gasteiger partial charge in [0.05, 0.1) is 5.75 Å². The zero-order valence-corrected chi connectivity index (χ0v) is 9.78. The first kappa shape index (κ1) is 12.0. The molecule has 0 aromatic heterocycles. The van der Waals surface area contributed by atoms with Crippen LogP contribution in [0.3, 0.4) is 0 Å². The molecule has 1 aliphatic rings. The summed E-state index contributed by atoms with van der Waals surface area (Å²) in [4.78, 5) is 0. The van der Waals surface area contributed by atoms with Gasteiger partial charge in [-0.1, -0.05) is 19.3 Å². The van der Waals surface area contributed by atoms with Crippen LogP contribution in [0.15, 0.2) is 0 Å². The predicted molar refractivity (Wildman–Crippen MR) is 59.2 cm³/mol. The monoisotopic (exact) mass is 219 g/mol. The standard InChI is InChI=1S/C10H21NO2S/c1-14(12,13)8-7-11-9-10-5-3-2-4-6-10/h10-11H,2-9H2,1H3. The van der Waals surface area contributed by atoms with Crippen LogP contribution in [-0.2, 0) is 9.84 Å². The van der Waals surface area contributed by atoms with Crippen LogP contribution in [-0.4, -0.2) is 33.5 Å². The van der Waals surface area contributed by atoms with Crippen molar-refractivity contribution in [2.24, 2.45) is 5.92 Å². The van der Waals surface area contributed by atoms with E-state index < -0.39 is 9.84 Å². The van der Waals surface area contributed by atoms with Crippen molar-refractivity contribution in [3.63, 3.8) is 0 Å². The van der Waals surface area contributed by atoms with E-state index in [0.29, 0.717) is 6.54 Å². The Morgan fingerprint density at radius 1 is 1.21 bits per heavy atom. The van der Waals surface area contributed by atoms with Gasteiger partial charge < -0.3 is 5.32 Å². The van der Waals surface area contributed by atoms with Crippen LogP contribution in [0.2, 0.25) is 0 Å². The summed E-state index contributed by atoms with van der Waals surface area (Å²) in [6, 6.07) is 0. The molecular weight excluding hydrogens is 198 g/mol. The highest BCUT2D eigenvalue weighted by Gasteiger charge is 2.12. The van der Waals surface area contributed by atoms with E-state index in [9.17, 15) is 8.42 Å². The smallest absolute Gasteiger partial charge is 0.148 e. The molecule has 0 aromatic rings. The maximum absolute atomic E-state index is 10.8. The van der Waals surface area contributed by atoms with Crippen molar-refractivity contribution in [3.8, 4) is 0 Å². The second-order valence-electron chi connectivity index (χ2n) is 4.34. The zero-order valence-electron chi connectivity index (χ0n) is 8.96. The van der Waals surface area contributed by atoms with Crippen LogP contribution in [0.1, 0.15) is 32.1 Å². The Balaban J connectivity index is 2.03. The number of hydrogen-bond donors (Lipinski definition) is 1. The quantitative estimate of drug-likeness (QED) is 0.707. The Labute approximate surface area is 87.2 Å². The van der Waals surface area contributed by atoms with Crippen LogP contribution in [0, 0.1) is 5.92 Å². The van der Waals surface area contributed by atoms with Gasteiger partial charge in [-0.3, -0.25) is 0 Å². The normalized spacial score (nSPS) is 19.8. The third kappa shape index (κ3) is 5.60. The summed E-state index contributed by atoms with van der Waals surface area (Å²) in [5.74, 6) is 1.04. The molecule has 0 aromatic carbocycles. The lowest BCUT2D eigenvalue weighted by molar-refractivity contribution is 0.345. The van der Waals surface area contributed by atoms with E-state index in [-0.39, 0.29) is 5.75 Å². The lowest BCUT2D eigenvalue weighted by Crippen LogP contribution is -2.28. The highest BCUT2D eigenvalue weighted by Crippen LogP contribution is 2.22. The van der Waals surface area contributed by atoms with Gasteiger partial charge in [0.15, 0.2) is 0 Å². The Kier molecular flexibility index (Phi) is 4.89. The van der Waals surface area contributed by atoms with Gasteiger partial charge in [0.2, 0.25) is 0 Å². The molecule has 1 saturated carbocycles. The summed E-state index contributed by atoms with van der Waals surface area (Å²) < 4.78 is 21.7. The van der Waals surface area contributed by atoms with Crippen LogP contribution in [0.25, 0.3) is 0 Å². The van der Waals surface area contributed by atoms with Crippen molar-refractivity contribution in [3.05, 3.63) is 0 Å². The predicted octanol–water partition coefficient (Wildman–Crippen LogP) is 1.20. The molecule has 14 heavy (non-hydrogen) atoms. The number of rotatable bonds is 5. The number of nitrogens with one attached hydrogen (secondary N) is 1. The van der Waals surface area contributed by atoms with E-state index in [1.165, 1.54) is 38.4 Å². The number of sulfone groups is 1. The topological polar surface area (TPSA) is 46.2 Å². The average molecular weight is 219 g/mol. The van der Waals surface area contributed by atoms with Crippen molar-refractivity contribution in [1.82, 2.24) is 5.32 Å². The minimum atomic E-state index is -2.79. The van der Waals surface area contributed by atoms with E-state index >= 15 is 0 Å². The Morgan fingerprint density at radius 2 is 1.86 bits per heavy atom. The molecule has 1 fully saturated rings. The average Bonchev–Trinajstić information content (AvgIpc) is 2.13. The molecule has 1 aliphatic carbocycles. The van der Waals surface area contributed by atoms with Gasteiger partial charge in [0.25, 0.3) is 0 Å². The van der Waals surface area contributed by atoms with Crippen LogP contribution in [0.4, 0.5) is 0 Å². The fourth-order valence-electron chi connectivity index (χ4n) is 1.96. The lowest BCUT2D eigenvalue weighted by Gasteiger charge is -2.21. The molecule has 0 radical (unpaired) electrons. The van der Waals surface area contributed by atoms with E-state index in [1.807, 2.05) is 0 Å². The van der Waals surface area contributed by atoms with Gasteiger partial charge in [-0.25, -0.2) is 8.42 Å². The summed E-state index contributed by atoms with van der Waals surface area (Å²) >= 11 is 0. The first-order valence-electron chi connectivity index (χ1n) is 5.46. The van der Waals surface area contributed by atoms with Crippen LogP contribution < -0.4 is 5.32 Å². The van der Waals surface area contributed by atoms with Crippen molar-refractivity contribution in [2.75, 3.05) is 25.1 Å². The molecule has 0 amide bonds. The summed E-state index contributed by atoms with van der Waals surface area (Å²) in [7, 11) is -2.79. The summed E-state index contributed by atoms with van der Waals surface area (Å²) in [5, 5.41) is 3.23. The molecule has 0 bridgehead atoms. The van der Waals surface area contributed by atoms with Crippen molar-refractivity contribution in [2.45, 2.75) is 32.1 Å². The van der Waals surface area contributed by atoms with Crippen molar-refractivity contribution in [1.29, 1.82) is 0 Å². The van der Waals surface area contributed by atoms with Gasteiger partial charge in [0.1, 0.15) is 9.84 Å². The van der Waals surface area contributed by atoms with Gasteiger partial charge >= 0.3 is 0 Å². The molecule has 0 unspecified atom stereocenters. The van der Waals surface area contributed by atoms with Crippen molar-refractivity contribution >= 4 is 9.84 Å². The Bertz CT molecular complexity index is 243. The van der Waals surface area contributed by atoms with Gasteiger partial charge in [-0.15, -0.1) is 0 Å². The number of hydrogen-bond acceptors (Lipinski definition) is 3. The molecule has 0 spiro atoms. The molecule has 0 atom stereocenters. The maximum Gasteiger partial charge on any atom is 0.148 e. The molecule has 0 saturated heterocycles. The summed E-state index contributed by atoms with van der Waals surface area (Å²) in [6.45, 7) is 1.60. The molecule has 1 rings (SSSR count). The summed E-state index contributed by atoms with van der Waals surface area (Å²) in [5.41, 5.74) is 0. The zero-order chi connectivity index (χ0) is 10.4. The van der Waals surface area contributed by atoms with E-state index in [1.54, 1.807) is 0 Å². The second kappa shape index (κ2) is 5.71. The molecule has 4 heteroatoms. The Hall–Kier alpha value is -0.0900. The third-order valence-corrected chi connectivity index (χ3v) is 3.75. The molecule has 3 nitrogen and oxygen atoms in total. The van der Waals surface area contributed by atoms with Crippen LogP contribution >= 0.6 is 0 Å². The molecular formula is C10H21NO2S. The van der Waals surface area contributed by atoms with Crippen molar-refractivity contribution < 1.29 is 8.42 Å². The fourth-order valence-corrected chi connectivity index (χ4v) is 2.47. The minimum absolute atomic E-state index is 0.264. The van der Waals surface area contributed by atoms with E-state index in [2.05, 4.69) is 5.32 Å². The van der Waals surface area contributed by atoms with E-state index in [4.69, 9.17) is 0 Å². The highest BCUT2D eigenvalue weighted by molar-refractivity contribution is 7.90. The van der Waals surface area contributed by atoms with Gasteiger partial charge in [0, 0.05) is 12.8 Å². The van der Waals surface area contributed by atoms with E-state index in [0.717, 1.165) is 12.5 Å². The molecule has 0 aliphatic heterocycles. The molecule has 1 N–H and O–H groups in total. The van der Waals surface area contributed by atoms with Crippen LogP contribution in [0.5, 0.6) is 0 Å². The SMILES string of the molecule is CS(=O)(=O)CCNCC1CCCCC1. The van der Waals surface area contributed by atoms with Gasteiger partial charge in [-0.2, -0.15) is 0 Å². The largest absolute Gasteiger partial charge is 0.315 e. The second-order valence-corrected chi connectivity index (χ2v) is 6.60. The molecule has 0 heterocycles. The highest BCUT2D eigenvalue weighted by atomic mass is 32.2. The van der Waals surface area contributed by atoms with Gasteiger partial charge in [-0.05, 0) is 25.3 Å². The fraction of sp³-hybridized carbons (Fsp3) is 1.00. The maximum atomic E-state index is 10.8. The summed E-state index contributed by atoms with van der Waals surface area (Å²) in [6.07, 6.45) is 7.98. The third-order valence-electron chi connectivity index (χ3n) is 2.81. The first-order valence-corrected chi connectivity index (χ1v) is 7.52. The lowest BCUT2D eigenvalue weighted by atomic mass is 9.89. The first-order chi connectivity index (χ1) is 6.58. The minimum Gasteiger partial charge on any atom is -0.315 e.